The summed E-state index contributed by atoms with van der Waals surface area (Å²) in [4.78, 5) is -0.238. The van der Waals surface area contributed by atoms with Gasteiger partial charge in [-0.05, 0) is 55.2 Å². The van der Waals surface area contributed by atoms with Gasteiger partial charge >= 0.3 is 0 Å². The average molecular weight is 400 g/mol. The molecular formula is C22H25NO4S. The molecule has 148 valence electrons. The lowest BCUT2D eigenvalue weighted by Crippen LogP contribution is -2.04. The van der Waals surface area contributed by atoms with E-state index in [0.29, 0.717) is 29.6 Å². The fourth-order valence-electron chi connectivity index (χ4n) is 2.46. The predicted octanol–water partition coefficient (Wildman–Crippen LogP) is 4.77. The van der Waals surface area contributed by atoms with E-state index in [9.17, 15) is 13.7 Å². The minimum atomic E-state index is -3.89. The molecule has 2 aromatic rings. The van der Waals surface area contributed by atoms with E-state index in [0.717, 1.165) is 12.0 Å². The summed E-state index contributed by atoms with van der Waals surface area (Å²) in [5, 5.41) is 9.43. The molecule has 28 heavy (non-hydrogen) atoms. The van der Waals surface area contributed by atoms with Crippen LogP contribution in [0.1, 0.15) is 31.4 Å². The molecular weight excluding hydrogens is 374 g/mol. The van der Waals surface area contributed by atoms with Gasteiger partial charge in [0.1, 0.15) is 11.0 Å². The maximum atomic E-state index is 12.8. The number of allylic oxidation sites excluding steroid dienone is 1. The fraction of sp³-hybridized carbons (Fsp3) is 0.318. The normalized spacial score (nSPS) is 11.9. The van der Waals surface area contributed by atoms with Crippen molar-refractivity contribution in [2.24, 2.45) is 5.92 Å². The highest BCUT2D eigenvalue weighted by Gasteiger charge is 2.21. The van der Waals surface area contributed by atoms with E-state index in [-0.39, 0.29) is 9.80 Å². The zero-order chi connectivity index (χ0) is 20.7. The molecule has 0 amide bonds. The number of nitrogens with zero attached hydrogens (tertiary/aromatic N) is 1. The molecule has 0 aliphatic rings. The van der Waals surface area contributed by atoms with E-state index in [1.54, 1.807) is 36.4 Å². The van der Waals surface area contributed by atoms with E-state index in [4.69, 9.17) is 9.47 Å². The average Bonchev–Trinajstić information content (AvgIpc) is 2.66. The highest BCUT2D eigenvalue weighted by Crippen LogP contribution is 2.30. The number of sulfone groups is 1. The van der Waals surface area contributed by atoms with E-state index >= 15 is 0 Å². The molecule has 0 N–H and O–H groups in total. The lowest BCUT2D eigenvalue weighted by molar-refractivity contribution is 0.273. The fourth-order valence-corrected chi connectivity index (χ4v) is 3.62. The Morgan fingerprint density at radius 3 is 2.39 bits per heavy atom. The summed E-state index contributed by atoms with van der Waals surface area (Å²) < 4.78 is 36.6. The van der Waals surface area contributed by atoms with Gasteiger partial charge in [0.25, 0.3) is 0 Å². The van der Waals surface area contributed by atoms with Crippen molar-refractivity contribution in [1.82, 2.24) is 0 Å². The highest BCUT2D eigenvalue weighted by molar-refractivity contribution is 7.95. The Bertz CT molecular complexity index is 984. The molecule has 0 atom stereocenters. The minimum Gasteiger partial charge on any atom is -0.493 e. The Morgan fingerprint density at radius 1 is 1.14 bits per heavy atom. The Balaban J connectivity index is 2.33. The largest absolute Gasteiger partial charge is 0.493 e. The second-order valence-corrected chi connectivity index (χ2v) is 8.80. The molecule has 0 spiro atoms. The lowest BCUT2D eigenvalue weighted by Gasteiger charge is -2.12. The molecule has 0 unspecified atom stereocenters. The molecule has 0 saturated carbocycles. The maximum absolute atomic E-state index is 12.8. The van der Waals surface area contributed by atoms with E-state index in [1.807, 2.05) is 6.92 Å². The first-order valence-electron chi connectivity index (χ1n) is 9.02. The predicted molar refractivity (Wildman–Crippen MR) is 110 cm³/mol. The zero-order valence-corrected chi connectivity index (χ0v) is 17.4. The van der Waals surface area contributed by atoms with E-state index in [2.05, 4.69) is 13.8 Å². The van der Waals surface area contributed by atoms with Crippen LogP contribution in [0.4, 0.5) is 0 Å². The van der Waals surface area contributed by atoms with Crippen LogP contribution in [0, 0.1) is 24.2 Å². The van der Waals surface area contributed by atoms with Gasteiger partial charge in [-0.25, -0.2) is 8.42 Å². The summed E-state index contributed by atoms with van der Waals surface area (Å²) in [7, 11) is -2.37. The topological polar surface area (TPSA) is 76.4 Å². The number of benzene rings is 2. The smallest absolute Gasteiger partial charge is 0.216 e. The summed E-state index contributed by atoms with van der Waals surface area (Å²) in [6.45, 7) is 6.67. The molecule has 0 aliphatic heterocycles. The van der Waals surface area contributed by atoms with Crippen molar-refractivity contribution in [3.05, 3.63) is 58.5 Å². The first-order valence-corrected chi connectivity index (χ1v) is 10.5. The molecule has 0 bridgehead atoms. The Kier molecular flexibility index (Phi) is 7.24. The van der Waals surface area contributed by atoms with Crippen LogP contribution >= 0.6 is 0 Å². The van der Waals surface area contributed by atoms with Gasteiger partial charge in [0.2, 0.25) is 9.84 Å². The highest BCUT2D eigenvalue weighted by atomic mass is 32.2. The molecule has 5 nitrogen and oxygen atoms in total. The zero-order valence-electron chi connectivity index (χ0n) is 16.6. The summed E-state index contributed by atoms with van der Waals surface area (Å²) in [5.74, 6) is 1.60. The summed E-state index contributed by atoms with van der Waals surface area (Å²) >= 11 is 0. The van der Waals surface area contributed by atoms with Gasteiger partial charge in [0.05, 0.1) is 18.6 Å². The second kappa shape index (κ2) is 9.43. The van der Waals surface area contributed by atoms with Crippen LogP contribution in [0.5, 0.6) is 11.5 Å². The van der Waals surface area contributed by atoms with Crippen LogP contribution in [0.2, 0.25) is 0 Å². The van der Waals surface area contributed by atoms with Gasteiger partial charge in [-0.1, -0.05) is 37.6 Å². The van der Waals surface area contributed by atoms with Crippen LogP contribution < -0.4 is 9.47 Å². The van der Waals surface area contributed by atoms with E-state index < -0.39 is 9.84 Å². The van der Waals surface area contributed by atoms with Crippen molar-refractivity contribution in [3.63, 3.8) is 0 Å². The lowest BCUT2D eigenvalue weighted by atomic mass is 10.1. The molecule has 6 heteroatoms. The molecule has 0 fully saturated rings. The van der Waals surface area contributed by atoms with Crippen molar-refractivity contribution in [2.45, 2.75) is 32.1 Å². The Morgan fingerprint density at radius 2 is 1.82 bits per heavy atom. The Labute approximate surface area is 167 Å². The SMILES string of the molecule is COc1cc(/C=C(\C#N)S(=O)(=O)c2ccc(C)cc2)ccc1OCCC(C)C. The second-order valence-electron chi connectivity index (χ2n) is 6.88. The number of aryl methyl sites for hydroxylation is 1. The third-order valence-corrected chi connectivity index (χ3v) is 5.85. The van der Waals surface area contributed by atoms with Crippen LogP contribution in [0.25, 0.3) is 6.08 Å². The maximum Gasteiger partial charge on any atom is 0.216 e. The third kappa shape index (κ3) is 5.37. The number of rotatable bonds is 8. The third-order valence-electron chi connectivity index (χ3n) is 4.17. The van der Waals surface area contributed by atoms with E-state index in [1.165, 1.54) is 25.3 Å². The van der Waals surface area contributed by atoms with Gasteiger partial charge in [0, 0.05) is 0 Å². The molecule has 2 rings (SSSR count). The number of hydrogen-bond acceptors (Lipinski definition) is 5. The quantitative estimate of drug-likeness (QED) is 0.598. The molecule has 2 aromatic carbocycles. The monoisotopic (exact) mass is 399 g/mol. The number of methoxy groups -OCH3 is 1. The van der Waals surface area contributed by atoms with Crippen LogP contribution in [0.15, 0.2) is 52.3 Å². The van der Waals surface area contributed by atoms with Gasteiger partial charge in [-0.3, -0.25) is 0 Å². The van der Waals surface area contributed by atoms with Crippen LogP contribution in [0.3, 0.4) is 0 Å². The number of nitriles is 1. The minimum absolute atomic E-state index is 0.0894. The summed E-state index contributed by atoms with van der Waals surface area (Å²) in [5.41, 5.74) is 1.49. The standard InChI is InChI=1S/C22H25NO4S/c1-16(2)11-12-27-21-10-7-18(14-22(21)26-4)13-20(15-23)28(24,25)19-8-5-17(3)6-9-19/h5-10,13-14,16H,11-12H2,1-4H3/b20-13+. The Hall–Kier alpha value is -2.78. The molecule has 0 aliphatic carbocycles. The molecule has 0 aromatic heterocycles. The van der Waals surface area contributed by atoms with Gasteiger partial charge in [0.15, 0.2) is 11.5 Å². The van der Waals surface area contributed by atoms with Crippen LogP contribution in [-0.2, 0) is 9.84 Å². The van der Waals surface area contributed by atoms with Gasteiger partial charge < -0.3 is 9.47 Å². The molecule has 0 heterocycles. The van der Waals surface area contributed by atoms with Gasteiger partial charge in [-0.15, -0.1) is 0 Å². The first-order chi connectivity index (χ1) is 13.3. The van der Waals surface area contributed by atoms with Crippen LogP contribution in [-0.4, -0.2) is 22.1 Å². The van der Waals surface area contributed by atoms with Crippen molar-refractivity contribution in [1.29, 1.82) is 5.26 Å². The number of hydrogen-bond donors (Lipinski definition) is 0. The number of ether oxygens (including phenoxy) is 2. The summed E-state index contributed by atoms with van der Waals surface area (Å²) in [6.07, 6.45) is 2.26. The van der Waals surface area contributed by atoms with Crippen molar-refractivity contribution in [3.8, 4) is 17.6 Å². The van der Waals surface area contributed by atoms with Gasteiger partial charge in [-0.2, -0.15) is 5.26 Å². The molecule has 0 saturated heterocycles. The first kappa shape index (κ1) is 21.5. The van der Waals surface area contributed by atoms with Crippen molar-refractivity contribution < 1.29 is 17.9 Å². The van der Waals surface area contributed by atoms with Crippen molar-refractivity contribution in [2.75, 3.05) is 13.7 Å². The van der Waals surface area contributed by atoms with Crippen molar-refractivity contribution >= 4 is 15.9 Å². The summed E-state index contributed by atoms with van der Waals surface area (Å²) in [6, 6.07) is 13.3. The molecule has 0 radical (unpaired) electrons.